The highest BCUT2D eigenvalue weighted by molar-refractivity contribution is 5.93. The van der Waals surface area contributed by atoms with Gasteiger partial charge in [-0.25, -0.2) is 0 Å². The van der Waals surface area contributed by atoms with Crippen molar-refractivity contribution in [1.29, 1.82) is 0 Å². The van der Waals surface area contributed by atoms with Crippen LogP contribution in [-0.2, 0) is 0 Å². The summed E-state index contributed by atoms with van der Waals surface area (Å²) in [5.41, 5.74) is 0.712. The molecule has 0 saturated carbocycles. The third-order valence-electron chi connectivity index (χ3n) is 5.73. The summed E-state index contributed by atoms with van der Waals surface area (Å²) in [6.45, 7) is 4.32. The minimum absolute atomic E-state index is 0.00948. The van der Waals surface area contributed by atoms with E-state index in [1.807, 2.05) is 4.90 Å². The van der Waals surface area contributed by atoms with E-state index in [1.165, 1.54) is 12.5 Å². The van der Waals surface area contributed by atoms with Crippen LogP contribution in [0.5, 0.6) is 0 Å². The van der Waals surface area contributed by atoms with E-state index in [4.69, 9.17) is 9.52 Å². The fourth-order valence-electron chi connectivity index (χ4n) is 4.14. The second-order valence-electron chi connectivity index (χ2n) is 6.82. The maximum atomic E-state index is 12.5. The average Bonchev–Trinajstić information content (AvgIpc) is 3.11. The Kier molecular flexibility index (Phi) is 5.04. The standard InChI is InChI=1S/C17H26N2O4/c20-9-8-18-5-2-17(3-6-18)4-7-19(11-15(17)12-21)16(22)14-1-10-23-13-14/h1,10,13,15,20-21H,2-9,11-12H2/t15-/m0/s1. The molecule has 2 aliphatic rings. The lowest BCUT2D eigenvalue weighted by Gasteiger charge is -2.51. The van der Waals surface area contributed by atoms with Gasteiger partial charge in [-0.2, -0.15) is 0 Å². The third-order valence-corrected chi connectivity index (χ3v) is 5.73. The van der Waals surface area contributed by atoms with E-state index in [2.05, 4.69) is 4.90 Å². The van der Waals surface area contributed by atoms with Gasteiger partial charge >= 0.3 is 0 Å². The first kappa shape index (κ1) is 16.5. The maximum absolute atomic E-state index is 12.5. The van der Waals surface area contributed by atoms with Gasteiger partial charge in [-0.3, -0.25) is 4.79 Å². The zero-order valence-electron chi connectivity index (χ0n) is 13.5. The molecule has 0 aromatic carbocycles. The first-order chi connectivity index (χ1) is 11.2. The zero-order chi connectivity index (χ0) is 16.3. The lowest BCUT2D eigenvalue weighted by atomic mass is 9.64. The highest BCUT2D eigenvalue weighted by Crippen LogP contribution is 2.45. The van der Waals surface area contributed by atoms with Gasteiger partial charge in [0.25, 0.3) is 5.91 Å². The monoisotopic (exact) mass is 322 g/mol. The molecule has 0 unspecified atom stereocenters. The minimum Gasteiger partial charge on any atom is -0.472 e. The summed E-state index contributed by atoms with van der Waals surface area (Å²) in [6, 6.07) is 1.69. The Morgan fingerprint density at radius 3 is 2.61 bits per heavy atom. The molecule has 2 aliphatic heterocycles. The summed E-state index contributed by atoms with van der Waals surface area (Å²) in [5, 5.41) is 19.0. The number of piperidine rings is 2. The highest BCUT2D eigenvalue weighted by atomic mass is 16.3. The van der Waals surface area contributed by atoms with Crippen molar-refractivity contribution in [2.45, 2.75) is 19.3 Å². The van der Waals surface area contributed by atoms with E-state index in [0.717, 1.165) is 45.4 Å². The van der Waals surface area contributed by atoms with Crippen LogP contribution in [0.1, 0.15) is 29.6 Å². The number of hydrogen-bond acceptors (Lipinski definition) is 5. The number of aliphatic hydroxyl groups is 2. The van der Waals surface area contributed by atoms with Crippen LogP contribution >= 0.6 is 0 Å². The van der Waals surface area contributed by atoms with Crippen molar-refractivity contribution in [2.75, 3.05) is 45.9 Å². The van der Waals surface area contributed by atoms with E-state index in [-0.39, 0.29) is 30.5 Å². The molecule has 1 aromatic rings. The molecule has 0 bridgehead atoms. The first-order valence-corrected chi connectivity index (χ1v) is 8.44. The summed E-state index contributed by atoms with van der Waals surface area (Å²) in [7, 11) is 0. The van der Waals surface area contributed by atoms with Crippen molar-refractivity contribution in [1.82, 2.24) is 9.80 Å². The second kappa shape index (κ2) is 7.03. The molecule has 2 fully saturated rings. The van der Waals surface area contributed by atoms with Crippen molar-refractivity contribution in [3.8, 4) is 0 Å². The minimum atomic E-state index is -0.00948. The zero-order valence-corrected chi connectivity index (χ0v) is 13.5. The topological polar surface area (TPSA) is 77.2 Å². The number of likely N-dealkylation sites (tertiary alicyclic amines) is 2. The van der Waals surface area contributed by atoms with Crippen molar-refractivity contribution < 1.29 is 19.4 Å². The van der Waals surface area contributed by atoms with E-state index in [9.17, 15) is 9.90 Å². The van der Waals surface area contributed by atoms with Gasteiger partial charge in [0.1, 0.15) is 6.26 Å². The summed E-state index contributed by atoms with van der Waals surface area (Å²) in [4.78, 5) is 16.6. The Hall–Kier alpha value is -1.37. The number of hydrogen-bond donors (Lipinski definition) is 2. The number of aliphatic hydroxyl groups excluding tert-OH is 2. The molecular formula is C17H26N2O4. The van der Waals surface area contributed by atoms with Gasteiger partial charge in [-0.15, -0.1) is 0 Å². The lowest BCUT2D eigenvalue weighted by molar-refractivity contribution is -0.0369. The number of rotatable bonds is 4. The predicted molar refractivity (Wildman–Crippen MR) is 85.0 cm³/mol. The molecular weight excluding hydrogens is 296 g/mol. The van der Waals surface area contributed by atoms with Crippen molar-refractivity contribution in [3.63, 3.8) is 0 Å². The molecule has 0 radical (unpaired) electrons. The Bertz CT molecular complexity index is 509. The van der Waals surface area contributed by atoms with Gasteiger partial charge in [-0.1, -0.05) is 0 Å². The average molecular weight is 322 g/mol. The van der Waals surface area contributed by atoms with Crippen LogP contribution in [0, 0.1) is 11.3 Å². The summed E-state index contributed by atoms with van der Waals surface area (Å²) in [6.07, 6.45) is 6.00. The van der Waals surface area contributed by atoms with Gasteiger partial charge in [0.05, 0.1) is 18.4 Å². The number of nitrogens with zero attached hydrogens (tertiary/aromatic N) is 2. The SMILES string of the molecule is O=C(c1ccoc1)N1CCC2(CCN(CCO)CC2)[C@H](CO)C1. The quantitative estimate of drug-likeness (QED) is 0.858. The van der Waals surface area contributed by atoms with E-state index < -0.39 is 0 Å². The highest BCUT2D eigenvalue weighted by Gasteiger charge is 2.45. The molecule has 3 rings (SSSR count). The van der Waals surface area contributed by atoms with Crippen LogP contribution in [0.2, 0.25) is 0 Å². The van der Waals surface area contributed by atoms with E-state index in [1.54, 1.807) is 6.07 Å². The lowest BCUT2D eigenvalue weighted by Crippen LogP contribution is -2.54. The summed E-state index contributed by atoms with van der Waals surface area (Å²) < 4.78 is 5.00. The Morgan fingerprint density at radius 1 is 1.26 bits per heavy atom. The molecule has 2 saturated heterocycles. The van der Waals surface area contributed by atoms with E-state index >= 15 is 0 Å². The first-order valence-electron chi connectivity index (χ1n) is 8.44. The Morgan fingerprint density at radius 2 is 2.00 bits per heavy atom. The van der Waals surface area contributed by atoms with E-state index in [0.29, 0.717) is 12.1 Å². The maximum Gasteiger partial charge on any atom is 0.257 e. The van der Waals surface area contributed by atoms with Gasteiger partial charge in [0.2, 0.25) is 0 Å². The largest absolute Gasteiger partial charge is 0.472 e. The Balaban J connectivity index is 1.64. The number of amides is 1. The van der Waals surface area contributed by atoms with Crippen LogP contribution in [-0.4, -0.2) is 71.9 Å². The van der Waals surface area contributed by atoms with Crippen molar-refractivity contribution >= 4 is 5.91 Å². The van der Waals surface area contributed by atoms with Crippen LogP contribution in [0.4, 0.5) is 0 Å². The number of carbonyl (C=O) groups is 1. The molecule has 6 heteroatoms. The van der Waals surface area contributed by atoms with Gasteiger partial charge < -0.3 is 24.4 Å². The van der Waals surface area contributed by atoms with Crippen LogP contribution < -0.4 is 0 Å². The fraction of sp³-hybridized carbons (Fsp3) is 0.706. The molecule has 1 atom stereocenters. The van der Waals surface area contributed by atoms with Crippen LogP contribution in [0.15, 0.2) is 23.0 Å². The molecule has 0 aliphatic carbocycles. The molecule has 2 N–H and O–H groups in total. The summed E-state index contributed by atoms with van der Waals surface area (Å²) >= 11 is 0. The fourth-order valence-corrected chi connectivity index (χ4v) is 4.14. The van der Waals surface area contributed by atoms with Gasteiger partial charge in [0, 0.05) is 32.2 Å². The third kappa shape index (κ3) is 3.29. The van der Waals surface area contributed by atoms with Crippen molar-refractivity contribution in [3.05, 3.63) is 24.2 Å². The molecule has 1 amide bonds. The van der Waals surface area contributed by atoms with Crippen molar-refractivity contribution in [2.24, 2.45) is 11.3 Å². The summed E-state index contributed by atoms with van der Waals surface area (Å²) in [5.74, 6) is 0.119. The second-order valence-corrected chi connectivity index (χ2v) is 6.82. The molecule has 23 heavy (non-hydrogen) atoms. The number of furan rings is 1. The van der Waals surface area contributed by atoms with Crippen LogP contribution in [0.25, 0.3) is 0 Å². The van der Waals surface area contributed by atoms with Gasteiger partial charge in [-0.05, 0) is 43.8 Å². The molecule has 128 valence electrons. The smallest absolute Gasteiger partial charge is 0.257 e. The number of β-amino-alcohol motifs (C(OH)–C–C–N with tert-alkyl or cyclic N) is 1. The molecule has 6 nitrogen and oxygen atoms in total. The normalized spacial score (nSPS) is 25.0. The van der Waals surface area contributed by atoms with Gasteiger partial charge in [0.15, 0.2) is 0 Å². The molecule has 1 spiro atoms. The van der Waals surface area contributed by atoms with Crippen LogP contribution in [0.3, 0.4) is 0 Å². The Labute approximate surface area is 136 Å². The predicted octanol–water partition coefficient (Wildman–Crippen LogP) is 0.808. The molecule has 1 aromatic heterocycles. The molecule has 3 heterocycles. The number of carbonyl (C=O) groups excluding carboxylic acids is 1.